The fraction of sp³-hybridized carbons (Fsp3) is 0.520. The Kier molecular flexibility index (Phi) is 5.74. The molecule has 0 bridgehead atoms. The van der Waals surface area contributed by atoms with Crippen LogP contribution in [-0.4, -0.2) is 77.7 Å². The van der Waals surface area contributed by atoms with Gasteiger partial charge < -0.3 is 24.6 Å². The van der Waals surface area contributed by atoms with Crippen molar-refractivity contribution in [3.63, 3.8) is 0 Å². The van der Waals surface area contributed by atoms with Gasteiger partial charge in [-0.2, -0.15) is 5.10 Å². The Morgan fingerprint density at radius 3 is 2.79 bits per heavy atom. The van der Waals surface area contributed by atoms with Crippen LogP contribution in [0.5, 0.6) is 5.75 Å². The molecule has 5 heterocycles. The summed E-state index contributed by atoms with van der Waals surface area (Å²) in [6, 6.07) is 6.36. The Morgan fingerprint density at radius 2 is 1.97 bits per heavy atom. The minimum atomic E-state index is -0.283. The van der Waals surface area contributed by atoms with E-state index < -0.39 is 0 Å². The fourth-order valence-corrected chi connectivity index (χ4v) is 5.44. The molecule has 34 heavy (non-hydrogen) atoms. The molecule has 2 saturated heterocycles. The SMILES string of the molecule is FCCN1CCC2(CC1)Cc1cc(NCc3cnn4cccnc34)c(N3CCOCC3)cc1O2. The zero-order valence-electron chi connectivity index (χ0n) is 19.4. The van der Waals surface area contributed by atoms with Crippen LogP contribution in [0.15, 0.2) is 36.8 Å². The number of benzene rings is 1. The van der Waals surface area contributed by atoms with Crippen molar-refractivity contribution in [1.29, 1.82) is 0 Å². The Balaban J connectivity index is 1.26. The van der Waals surface area contributed by atoms with Crippen molar-refractivity contribution in [3.8, 4) is 5.75 Å². The van der Waals surface area contributed by atoms with Crippen molar-refractivity contribution in [2.45, 2.75) is 31.4 Å². The van der Waals surface area contributed by atoms with E-state index in [0.717, 1.165) is 87.0 Å². The van der Waals surface area contributed by atoms with Gasteiger partial charge in [0, 0.05) is 88.1 Å². The summed E-state index contributed by atoms with van der Waals surface area (Å²) in [6.07, 6.45) is 8.36. The van der Waals surface area contributed by atoms with Crippen molar-refractivity contribution in [2.24, 2.45) is 0 Å². The monoisotopic (exact) mass is 466 g/mol. The van der Waals surface area contributed by atoms with Crippen LogP contribution < -0.4 is 15.0 Å². The maximum absolute atomic E-state index is 12.8. The number of nitrogens with one attached hydrogen (secondary N) is 1. The molecule has 1 N–H and O–H groups in total. The number of piperidine rings is 1. The van der Waals surface area contributed by atoms with Crippen LogP contribution in [0.3, 0.4) is 0 Å². The zero-order chi connectivity index (χ0) is 23.0. The summed E-state index contributed by atoms with van der Waals surface area (Å²) in [6.45, 7) is 5.82. The standard InChI is InChI=1S/C25H31FN6O2/c26-4-9-30-7-2-25(3-8-30)16-19-14-21(22(15-23(19)34-25)31-10-12-33-13-11-31)28-17-20-18-29-32-6-1-5-27-24(20)32/h1,5-6,14-15,18,28H,2-4,7-13,16-17H2. The summed E-state index contributed by atoms with van der Waals surface area (Å²) in [7, 11) is 0. The Hall–Kier alpha value is -2.91. The molecule has 2 aromatic heterocycles. The van der Waals surface area contributed by atoms with Gasteiger partial charge in [-0.25, -0.2) is 13.9 Å². The Bertz CT molecular complexity index is 1150. The molecule has 0 unspecified atom stereocenters. The van der Waals surface area contributed by atoms with Crippen LogP contribution in [0.1, 0.15) is 24.0 Å². The lowest BCUT2D eigenvalue weighted by atomic mass is 9.87. The number of fused-ring (bicyclic) bond motifs is 2. The first-order valence-corrected chi connectivity index (χ1v) is 12.2. The Morgan fingerprint density at radius 1 is 1.12 bits per heavy atom. The van der Waals surface area contributed by atoms with Crippen LogP contribution in [-0.2, 0) is 17.7 Å². The number of morpholine rings is 1. The third-order valence-electron chi connectivity index (χ3n) is 7.36. The number of alkyl halides is 1. The number of anilines is 2. The topological polar surface area (TPSA) is 67.2 Å². The van der Waals surface area contributed by atoms with E-state index in [9.17, 15) is 4.39 Å². The number of hydrogen-bond donors (Lipinski definition) is 1. The molecular weight excluding hydrogens is 435 g/mol. The molecule has 0 atom stereocenters. The van der Waals surface area contributed by atoms with E-state index in [1.807, 2.05) is 18.5 Å². The highest BCUT2D eigenvalue weighted by Crippen LogP contribution is 2.45. The van der Waals surface area contributed by atoms with Crippen molar-refractivity contribution >= 4 is 17.0 Å². The molecular formula is C25H31FN6O2. The molecule has 2 fully saturated rings. The molecule has 1 spiro atoms. The van der Waals surface area contributed by atoms with Gasteiger partial charge >= 0.3 is 0 Å². The highest BCUT2D eigenvalue weighted by Gasteiger charge is 2.42. The largest absolute Gasteiger partial charge is 0.486 e. The molecule has 0 amide bonds. The second-order valence-corrected chi connectivity index (χ2v) is 9.48. The first kappa shape index (κ1) is 21.6. The maximum Gasteiger partial charge on any atom is 0.159 e. The van der Waals surface area contributed by atoms with Crippen LogP contribution in [0.25, 0.3) is 5.65 Å². The van der Waals surface area contributed by atoms with Gasteiger partial charge in [0.05, 0.1) is 30.8 Å². The number of rotatable bonds is 6. The molecule has 0 radical (unpaired) electrons. The number of aromatic nitrogens is 3. The van der Waals surface area contributed by atoms with Gasteiger partial charge in [0.25, 0.3) is 0 Å². The van der Waals surface area contributed by atoms with Crippen LogP contribution in [0.4, 0.5) is 15.8 Å². The van der Waals surface area contributed by atoms with Crippen molar-refractivity contribution in [2.75, 3.05) is 62.8 Å². The number of likely N-dealkylation sites (tertiary alicyclic amines) is 1. The smallest absolute Gasteiger partial charge is 0.159 e. The number of ether oxygens (including phenoxy) is 2. The molecule has 6 rings (SSSR count). The van der Waals surface area contributed by atoms with E-state index in [1.54, 1.807) is 10.7 Å². The fourth-order valence-electron chi connectivity index (χ4n) is 5.44. The quantitative estimate of drug-likeness (QED) is 0.599. The second kappa shape index (κ2) is 9.03. The van der Waals surface area contributed by atoms with Gasteiger partial charge in [-0.15, -0.1) is 0 Å². The normalized spacial score (nSPS) is 20.0. The first-order chi connectivity index (χ1) is 16.7. The highest BCUT2D eigenvalue weighted by atomic mass is 19.1. The summed E-state index contributed by atoms with van der Waals surface area (Å²) in [5.74, 6) is 0.989. The molecule has 9 heteroatoms. The number of halogens is 1. The summed E-state index contributed by atoms with van der Waals surface area (Å²) < 4.78 is 26.8. The molecule has 180 valence electrons. The van der Waals surface area contributed by atoms with E-state index >= 15 is 0 Å². The van der Waals surface area contributed by atoms with Crippen LogP contribution in [0.2, 0.25) is 0 Å². The van der Waals surface area contributed by atoms with E-state index in [0.29, 0.717) is 13.1 Å². The zero-order valence-corrected chi connectivity index (χ0v) is 19.4. The van der Waals surface area contributed by atoms with Gasteiger partial charge in [0.1, 0.15) is 18.0 Å². The average Bonchev–Trinajstić information content (AvgIpc) is 3.45. The Labute approximate surface area is 198 Å². The highest BCUT2D eigenvalue weighted by molar-refractivity contribution is 5.75. The van der Waals surface area contributed by atoms with Gasteiger partial charge in [-0.3, -0.25) is 0 Å². The van der Waals surface area contributed by atoms with Crippen molar-refractivity contribution < 1.29 is 13.9 Å². The first-order valence-electron chi connectivity index (χ1n) is 12.2. The lowest BCUT2D eigenvalue weighted by molar-refractivity contribution is 0.0180. The van der Waals surface area contributed by atoms with Crippen molar-refractivity contribution in [3.05, 3.63) is 47.9 Å². The molecule has 3 aliphatic heterocycles. The predicted molar refractivity (Wildman–Crippen MR) is 128 cm³/mol. The second-order valence-electron chi connectivity index (χ2n) is 9.48. The summed E-state index contributed by atoms with van der Waals surface area (Å²) in [5.41, 5.74) is 5.26. The molecule has 0 aliphatic carbocycles. The summed E-state index contributed by atoms with van der Waals surface area (Å²) >= 11 is 0. The average molecular weight is 467 g/mol. The van der Waals surface area contributed by atoms with Crippen LogP contribution >= 0.6 is 0 Å². The predicted octanol–water partition coefficient (Wildman–Crippen LogP) is 2.92. The third-order valence-corrected chi connectivity index (χ3v) is 7.36. The molecule has 0 saturated carbocycles. The molecule has 3 aliphatic rings. The lowest BCUT2D eigenvalue weighted by Crippen LogP contribution is -2.47. The molecule has 1 aromatic carbocycles. The number of hydrogen-bond acceptors (Lipinski definition) is 7. The minimum absolute atomic E-state index is 0.164. The van der Waals surface area contributed by atoms with Crippen LogP contribution in [0, 0.1) is 0 Å². The molecule has 3 aromatic rings. The minimum Gasteiger partial charge on any atom is -0.486 e. The van der Waals surface area contributed by atoms with E-state index in [2.05, 4.69) is 37.3 Å². The van der Waals surface area contributed by atoms with E-state index in [-0.39, 0.29) is 12.3 Å². The summed E-state index contributed by atoms with van der Waals surface area (Å²) in [5, 5.41) is 8.09. The van der Waals surface area contributed by atoms with Gasteiger partial charge in [0.2, 0.25) is 0 Å². The maximum atomic E-state index is 12.8. The van der Waals surface area contributed by atoms with Crippen molar-refractivity contribution in [1.82, 2.24) is 19.5 Å². The molecule has 8 nitrogen and oxygen atoms in total. The lowest BCUT2D eigenvalue weighted by Gasteiger charge is -2.38. The van der Waals surface area contributed by atoms with E-state index in [4.69, 9.17) is 9.47 Å². The summed E-state index contributed by atoms with van der Waals surface area (Å²) in [4.78, 5) is 9.06. The number of nitrogens with zero attached hydrogens (tertiary/aromatic N) is 5. The van der Waals surface area contributed by atoms with Gasteiger partial charge in [-0.05, 0) is 12.1 Å². The van der Waals surface area contributed by atoms with Gasteiger partial charge in [0.15, 0.2) is 5.65 Å². The van der Waals surface area contributed by atoms with E-state index in [1.165, 1.54) is 5.56 Å². The van der Waals surface area contributed by atoms with Gasteiger partial charge in [-0.1, -0.05) is 0 Å². The third kappa shape index (κ3) is 4.07.